The van der Waals surface area contributed by atoms with E-state index in [0.717, 1.165) is 16.5 Å². The number of H-pyrrole nitrogens is 1. The fourth-order valence-corrected chi connectivity index (χ4v) is 4.71. The number of aromatic amines is 1. The second kappa shape index (κ2) is 9.21. The molecule has 0 saturated heterocycles. The SMILES string of the molecule is COC(=O)CC(c1ccc2c(c1)OCO2)c1c(O)cc(C)n(CCc2c[nH]c3ccccc23)c1=O. The molecule has 2 aromatic carbocycles. The number of aryl methyl sites for hydroxylation is 2. The Bertz CT molecular complexity index is 1470. The first-order valence-electron chi connectivity index (χ1n) is 11.4. The second-order valence-electron chi connectivity index (χ2n) is 8.60. The lowest BCUT2D eigenvalue weighted by Gasteiger charge is -2.21. The maximum absolute atomic E-state index is 13.7. The van der Waals surface area contributed by atoms with Crippen LogP contribution in [0.15, 0.2) is 59.5 Å². The van der Waals surface area contributed by atoms with E-state index in [4.69, 9.17) is 14.2 Å². The minimum absolute atomic E-state index is 0.107. The van der Waals surface area contributed by atoms with E-state index in [9.17, 15) is 14.7 Å². The summed E-state index contributed by atoms with van der Waals surface area (Å²) in [6.45, 7) is 2.32. The van der Waals surface area contributed by atoms with Crippen LogP contribution < -0.4 is 15.0 Å². The van der Waals surface area contributed by atoms with Gasteiger partial charge in [0.25, 0.3) is 5.56 Å². The van der Waals surface area contributed by atoms with E-state index in [2.05, 4.69) is 4.98 Å². The fourth-order valence-electron chi connectivity index (χ4n) is 4.71. The van der Waals surface area contributed by atoms with E-state index in [0.29, 0.717) is 35.7 Å². The van der Waals surface area contributed by atoms with E-state index in [1.807, 2.05) is 30.5 Å². The van der Waals surface area contributed by atoms with Gasteiger partial charge in [-0.15, -0.1) is 0 Å². The van der Waals surface area contributed by atoms with Crippen molar-refractivity contribution in [3.05, 3.63) is 87.5 Å². The van der Waals surface area contributed by atoms with Gasteiger partial charge in [-0.2, -0.15) is 0 Å². The molecular weight excluding hydrogens is 448 g/mol. The number of hydrogen-bond donors (Lipinski definition) is 2. The Balaban J connectivity index is 1.54. The summed E-state index contributed by atoms with van der Waals surface area (Å²) in [7, 11) is 1.30. The quantitative estimate of drug-likeness (QED) is 0.393. The van der Waals surface area contributed by atoms with Gasteiger partial charge in [0, 0.05) is 35.3 Å². The molecule has 1 atom stereocenters. The molecule has 35 heavy (non-hydrogen) atoms. The number of hydrogen-bond acceptors (Lipinski definition) is 6. The highest BCUT2D eigenvalue weighted by Gasteiger charge is 2.28. The monoisotopic (exact) mass is 474 g/mol. The summed E-state index contributed by atoms with van der Waals surface area (Å²) >= 11 is 0. The van der Waals surface area contributed by atoms with Crippen molar-refractivity contribution in [2.75, 3.05) is 13.9 Å². The number of methoxy groups -OCH3 is 1. The van der Waals surface area contributed by atoms with Crippen molar-refractivity contribution in [2.45, 2.75) is 32.2 Å². The normalized spacial score (nSPS) is 13.2. The molecule has 8 heteroatoms. The molecule has 0 amide bonds. The molecule has 1 unspecified atom stereocenters. The third kappa shape index (κ3) is 4.23. The van der Waals surface area contributed by atoms with Crippen molar-refractivity contribution in [3.63, 3.8) is 0 Å². The number of fused-ring (bicyclic) bond motifs is 2. The van der Waals surface area contributed by atoms with E-state index in [1.54, 1.807) is 35.8 Å². The van der Waals surface area contributed by atoms with Crippen molar-refractivity contribution < 1.29 is 24.1 Å². The van der Waals surface area contributed by atoms with Crippen LogP contribution in [0.5, 0.6) is 17.2 Å². The summed E-state index contributed by atoms with van der Waals surface area (Å²) in [5.74, 6) is -0.234. The number of pyridine rings is 1. The number of nitrogens with zero attached hydrogens (tertiary/aromatic N) is 1. The zero-order valence-electron chi connectivity index (χ0n) is 19.5. The van der Waals surface area contributed by atoms with Crippen molar-refractivity contribution in [2.24, 2.45) is 0 Å². The van der Waals surface area contributed by atoms with Crippen molar-refractivity contribution in [1.29, 1.82) is 0 Å². The number of benzene rings is 2. The van der Waals surface area contributed by atoms with Crippen LogP contribution in [-0.2, 0) is 22.5 Å². The lowest BCUT2D eigenvalue weighted by atomic mass is 9.88. The first-order chi connectivity index (χ1) is 17.0. The van der Waals surface area contributed by atoms with Gasteiger partial charge in [-0.25, -0.2) is 0 Å². The van der Waals surface area contributed by atoms with Crippen molar-refractivity contribution >= 4 is 16.9 Å². The summed E-state index contributed by atoms with van der Waals surface area (Å²) in [4.78, 5) is 29.3. The van der Waals surface area contributed by atoms with Crippen LogP contribution in [0.3, 0.4) is 0 Å². The van der Waals surface area contributed by atoms with Gasteiger partial charge in [-0.05, 0) is 48.7 Å². The van der Waals surface area contributed by atoms with Gasteiger partial charge in [-0.1, -0.05) is 24.3 Å². The summed E-state index contributed by atoms with van der Waals surface area (Å²) in [5.41, 5.74) is 3.24. The van der Waals surface area contributed by atoms with Gasteiger partial charge in [-0.3, -0.25) is 9.59 Å². The third-order valence-corrected chi connectivity index (χ3v) is 6.55. The molecule has 0 aliphatic carbocycles. The molecule has 1 aliphatic heterocycles. The molecule has 0 saturated carbocycles. The molecule has 5 rings (SSSR count). The predicted octanol–water partition coefficient (Wildman–Crippen LogP) is 4.01. The average molecular weight is 475 g/mol. The summed E-state index contributed by atoms with van der Waals surface area (Å²) in [6.07, 6.45) is 2.48. The van der Waals surface area contributed by atoms with Crippen LogP contribution in [-0.4, -0.2) is 34.5 Å². The second-order valence-corrected chi connectivity index (χ2v) is 8.60. The number of carbonyl (C=O) groups excluding carboxylic acids is 1. The Kier molecular flexibility index (Phi) is 5.94. The summed E-state index contributed by atoms with van der Waals surface area (Å²) < 4.78 is 17.4. The van der Waals surface area contributed by atoms with Gasteiger partial charge in [0.15, 0.2) is 11.5 Å². The Morgan fingerprint density at radius 3 is 2.80 bits per heavy atom. The van der Waals surface area contributed by atoms with Gasteiger partial charge >= 0.3 is 5.97 Å². The average Bonchev–Trinajstić information content (AvgIpc) is 3.49. The highest BCUT2D eigenvalue weighted by atomic mass is 16.7. The number of aromatic nitrogens is 2. The summed E-state index contributed by atoms with van der Waals surface area (Å²) in [5, 5.41) is 12.0. The van der Waals surface area contributed by atoms with Crippen LogP contribution in [0.25, 0.3) is 10.9 Å². The number of rotatable bonds is 7. The van der Waals surface area contributed by atoms with Gasteiger partial charge < -0.3 is 28.9 Å². The van der Waals surface area contributed by atoms with Crippen molar-refractivity contribution in [3.8, 4) is 17.2 Å². The highest BCUT2D eigenvalue weighted by molar-refractivity contribution is 5.83. The van der Waals surface area contributed by atoms with Gasteiger partial charge in [0.1, 0.15) is 5.75 Å². The topological polar surface area (TPSA) is 103 Å². The minimum Gasteiger partial charge on any atom is -0.507 e. The molecule has 2 N–H and O–H groups in total. The molecule has 3 heterocycles. The van der Waals surface area contributed by atoms with Crippen LogP contribution in [0.4, 0.5) is 0 Å². The fraction of sp³-hybridized carbons (Fsp3) is 0.259. The van der Waals surface area contributed by atoms with Crippen molar-refractivity contribution in [1.82, 2.24) is 9.55 Å². The van der Waals surface area contributed by atoms with E-state index in [1.165, 1.54) is 7.11 Å². The molecule has 0 spiro atoms. The number of nitrogens with one attached hydrogen (secondary N) is 1. The van der Waals surface area contributed by atoms with Crippen LogP contribution in [0.1, 0.15) is 34.7 Å². The number of ether oxygens (including phenoxy) is 3. The largest absolute Gasteiger partial charge is 0.507 e. The van der Waals surface area contributed by atoms with Gasteiger partial charge in [0.2, 0.25) is 6.79 Å². The van der Waals surface area contributed by atoms with E-state index < -0.39 is 11.9 Å². The molecule has 8 nitrogen and oxygen atoms in total. The first kappa shape index (κ1) is 22.6. The Hall–Kier alpha value is -4.20. The first-order valence-corrected chi connectivity index (χ1v) is 11.4. The molecule has 4 aromatic rings. The number of carbonyl (C=O) groups is 1. The molecule has 1 aliphatic rings. The Morgan fingerprint density at radius 1 is 1.17 bits per heavy atom. The molecule has 0 bridgehead atoms. The Morgan fingerprint density at radius 2 is 1.97 bits per heavy atom. The number of aromatic hydroxyl groups is 1. The zero-order chi connectivity index (χ0) is 24.5. The maximum Gasteiger partial charge on any atom is 0.306 e. The minimum atomic E-state index is -0.718. The number of esters is 1. The lowest BCUT2D eigenvalue weighted by Crippen LogP contribution is -2.29. The predicted molar refractivity (Wildman–Crippen MR) is 130 cm³/mol. The smallest absolute Gasteiger partial charge is 0.306 e. The maximum atomic E-state index is 13.7. The molecule has 0 radical (unpaired) electrons. The highest BCUT2D eigenvalue weighted by Crippen LogP contribution is 2.39. The van der Waals surface area contributed by atoms with E-state index >= 15 is 0 Å². The van der Waals surface area contributed by atoms with E-state index in [-0.39, 0.29) is 30.1 Å². The zero-order valence-corrected chi connectivity index (χ0v) is 19.5. The van der Waals surface area contributed by atoms with Crippen LogP contribution in [0.2, 0.25) is 0 Å². The Labute approximate surface area is 201 Å². The van der Waals surface area contributed by atoms with Gasteiger partial charge in [0.05, 0.1) is 19.1 Å². The molecular formula is C27H26N2O6. The molecule has 0 fully saturated rings. The van der Waals surface area contributed by atoms with Crippen LogP contribution in [0, 0.1) is 6.92 Å². The molecule has 2 aromatic heterocycles. The standard InChI is InChI=1S/C27H26N2O6/c1-16-11-22(30)26(20(13-25(31)33-2)17-7-8-23-24(12-17)35-15-34-23)27(32)29(16)10-9-18-14-28-21-6-4-3-5-19(18)21/h3-8,11-12,14,20,28,30H,9-10,13,15H2,1-2H3. The molecule has 180 valence electrons. The lowest BCUT2D eigenvalue weighted by molar-refractivity contribution is -0.140. The number of para-hydroxylation sites is 1. The third-order valence-electron chi connectivity index (χ3n) is 6.55. The van der Waals surface area contributed by atoms with Crippen LogP contribution >= 0.6 is 0 Å². The summed E-state index contributed by atoms with van der Waals surface area (Å²) in [6, 6.07) is 14.8.